The number of rotatable bonds is 8. The quantitative estimate of drug-likeness (QED) is 0.143. The molecular weight excluding hydrogens is 677 g/mol. The summed E-state index contributed by atoms with van der Waals surface area (Å²) in [5.41, 5.74) is 17.6. The van der Waals surface area contributed by atoms with Crippen LogP contribution in [0.2, 0.25) is 0 Å². The summed E-state index contributed by atoms with van der Waals surface area (Å²) in [7, 11) is 0. The number of hydrogen-bond acceptors (Lipinski definition) is 1. The van der Waals surface area contributed by atoms with Crippen molar-refractivity contribution in [2.24, 2.45) is 0 Å². The first-order valence-electron chi connectivity index (χ1n) is 19.3. The van der Waals surface area contributed by atoms with Crippen molar-refractivity contribution in [1.29, 1.82) is 0 Å². The van der Waals surface area contributed by atoms with Gasteiger partial charge in [0.15, 0.2) is 0 Å². The first-order valence-corrected chi connectivity index (χ1v) is 19.3. The number of hydrogen-bond donors (Lipinski definition) is 0. The molecule has 1 aromatic heterocycles. The van der Waals surface area contributed by atoms with Crippen molar-refractivity contribution < 1.29 is 4.42 Å². The van der Waals surface area contributed by atoms with E-state index in [1.807, 2.05) is 12.1 Å². The number of fused-ring (bicyclic) bond motifs is 3. The van der Waals surface area contributed by atoms with Crippen molar-refractivity contribution in [1.82, 2.24) is 0 Å². The van der Waals surface area contributed by atoms with Gasteiger partial charge in [-0.25, -0.2) is 0 Å². The van der Waals surface area contributed by atoms with Gasteiger partial charge in [-0.15, -0.1) is 0 Å². The SMILES string of the molecule is c1ccc(-c2ccc(-c3ccc(C(c4ccc(-c5ccc(-c6ccccc6)cc5)cc4)c4ccc(-c5ccc6c(c5)oc5ccccc56)cc4)cc3)cc2)cc1. The van der Waals surface area contributed by atoms with E-state index in [1.54, 1.807) is 0 Å². The van der Waals surface area contributed by atoms with Crippen molar-refractivity contribution in [3.8, 4) is 55.6 Å². The second-order valence-corrected chi connectivity index (χ2v) is 14.5. The Labute approximate surface area is 327 Å². The van der Waals surface area contributed by atoms with Crippen LogP contribution in [0.5, 0.6) is 0 Å². The monoisotopic (exact) mass is 714 g/mol. The van der Waals surface area contributed by atoms with Crippen LogP contribution in [0.25, 0.3) is 77.6 Å². The molecule has 0 saturated carbocycles. The zero-order valence-electron chi connectivity index (χ0n) is 30.8. The molecule has 0 N–H and O–H groups in total. The molecule has 0 bridgehead atoms. The molecule has 0 atom stereocenters. The van der Waals surface area contributed by atoms with Crippen molar-refractivity contribution in [2.75, 3.05) is 0 Å². The van der Waals surface area contributed by atoms with E-state index in [4.69, 9.17) is 4.42 Å². The van der Waals surface area contributed by atoms with Gasteiger partial charge in [0.2, 0.25) is 0 Å². The smallest absolute Gasteiger partial charge is 0.136 e. The summed E-state index contributed by atoms with van der Waals surface area (Å²) in [4.78, 5) is 0. The van der Waals surface area contributed by atoms with Gasteiger partial charge in [-0.3, -0.25) is 0 Å². The lowest BCUT2D eigenvalue weighted by Gasteiger charge is -2.20. The Hall–Kier alpha value is -7.22. The van der Waals surface area contributed by atoms with E-state index < -0.39 is 0 Å². The molecule has 1 heterocycles. The Morgan fingerprint density at radius 3 is 0.964 bits per heavy atom. The van der Waals surface area contributed by atoms with Gasteiger partial charge in [0.25, 0.3) is 0 Å². The summed E-state index contributed by atoms with van der Waals surface area (Å²) in [6.45, 7) is 0. The fourth-order valence-electron chi connectivity index (χ4n) is 8.06. The van der Waals surface area contributed by atoms with Crippen LogP contribution < -0.4 is 0 Å². The zero-order valence-corrected chi connectivity index (χ0v) is 30.8. The summed E-state index contributed by atoms with van der Waals surface area (Å²) < 4.78 is 6.23. The van der Waals surface area contributed by atoms with E-state index in [0.717, 1.165) is 27.5 Å². The third-order valence-electron chi connectivity index (χ3n) is 11.1. The van der Waals surface area contributed by atoms with Crippen LogP contribution in [-0.4, -0.2) is 0 Å². The molecule has 0 aliphatic carbocycles. The van der Waals surface area contributed by atoms with Gasteiger partial charge in [0.05, 0.1) is 0 Å². The lowest BCUT2D eigenvalue weighted by Crippen LogP contribution is -2.03. The van der Waals surface area contributed by atoms with Crippen LogP contribution in [0.3, 0.4) is 0 Å². The first-order chi connectivity index (χ1) is 27.7. The van der Waals surface area contributed by atoms with Crippen molar-refractivity contribution >= 4 is 21.9 Å². The highest BCUT2D eigenvalue weighted by Gasteiger charge is 2.18. The highest BCUT2D eigenvalue weighted by Crippen LogP contribution is 2.37. The Balaban J connectivity index is 0.974. The second-order valence-electron chi connectivity index (χ2n) is 14.5. The van der Waals surface area contributed by atoms with Crippen LogP contribution in [0, 0.1) is 0 Å². The minimum atomic E-state index is 0.0610. The minimum absolute atomic E-state index is 0.0610. The van der Waals surface area contributed by atoms with Crippen LogP contribution in [0.15, 0.2) is 229 Å². The second kappa shape index (κ2) is 14.5. The van der Waals surface area contributed by atoms with Crippen LogP contribution in [-0.2, 0) is 0 Å². The molecule has 0 amide bonds. The van der Waals surface area contributed by atoms with Crippen molar-refractivity contribution in [2.45, 2.75) is 5.92 Å². The molecule has 10 rings (SSSR count). The van der Waals surface area contributed by atoms with Crippen molar-refractivity contribution in [3.63, 3.8) is 0 Å². The molecule has 1 nitrogen and oxygen atoms in total. The third-order valence-corrected chi connectivity index (χ3v) is 11.1. The zero-order chi connectivity index (χ0) is 37.3. The van der Waals surface area contributed by atoms with Crippen LogP contribution in [0.1, 0.15) is 22.6 Å². The molecule has 0 spiro atoms. The summed E-state index contributed by atoms with van der Waals surface area (Å²) in [5, 5.41) is 2.30. The summed E-state index contributed by atoms with van der Waals surface area (Å²) in [5.74, 6) is 0.0610. The van der Waals surface area contributed by atoms with Crippen LogP contribution >= 0.6 is 0 Å². The van der Waals surface area contributed by atoms with Crippen molar-refractivity contribution in [3.05, 3.63) is 241 Å². The molecule has 264 valence electrons. The Morgan fingerprint density at radius 1 is 0.232 bits per heavy atom. The number of para-hydroxylation sites is 1. The van der Waals surface area contributed by atoms with Gasteiger partial charge in [-0.05, 0) is 90.5 Å². The van der Waals surface area contributed by atoms with E-state index in [0.29, 0.717) is 0 Å². The molecule has 1 heteroatoms. The molecule has 56 heavy (non-hydrogen) atoms. The Kier molecular flexibility index (Phi) is 8.67. The number of furan rings is 1. The van der Waals surface area contributed by atoms with E-state index >= 15 is 0 Å². The van der Waals surface area contributed by atoms with Gasteiger partial charge >= 0.3 is 0 Å². The molecule has 0 fully saturated rings. The van der Waals surface area contributed by atoms with E-state index in [-0.39, 0.29) is 5.92 Å². The molecule has 0 aliphatic heterocycles. The molecule has 0 radical (unpaired) electrons. The highest BCUT2D eigenvalue weighted by atomic mass is 16.3. The van der Waals surface area contributed by atoms with Crippen LogP contribution in [0.4, 0.5) is 0 Å². The fraction of sp³-hybridized carbons (Fsp3) is 0.0182. The van der Waals surface area contributed by atoms with E-state index in [2.05, 4.69) is 212 Å². The highest BCUT2D eigenvalue weighted by molar-refractivity contribution is 6.05. The lowest BCUT2D eigenvalue weighted by atomic mass is 9.83. The maximum Gasteiger partial charge on any atom is 0.136 e. The standard InChI is InChI=1S/C55H38O/c1-3-9-38(10-4-1)40-15-19-42(20-16-40)44-23-29-47(30-24-44)55(48-31-25-45(26-32-48)43-21-17-41(18-22-43)39-11-5-2-6-12-39)49-33-27-46(28-34-49)50-35-36-52-51-13-7-8-14-53(51)56-54(52)37-50/h1-37,55H. The molecular formula is C55H38O. The largest absolute Gasteiger partial charge is 0.456 e. The number of benzene rings is 9. The molecule has 0 saturated heterocycles. The predicted octanol–water partition coefficient (Wildman–Crippen LogP) is 15.1. The summed E-state index contributed by atoms with van der Waals surface area (Å²) in [6.07, 6.45) is 0. The fourth-order valence-corrected chi connectivity index (χ4v) is 8.06. The molecule has 10 aromatic rings. The maximum atomic E-state index is 6.23. The first kappa shape index (κ1) is 33.4. The average molecular weight is 715 g/mol. The topological polar surface area (TPSA) is 13.1 Å². The predicted molar refractivity (Wildman–Crippen MR) is 235 cm³/mol. The van der Waals surface area contributed by atoms with Gasteiger partial charge < -0.3 is 4.42 Å². The summed E-state index contributed by atoms with van der Waals surface area (Å²) in [6, 6.07) is 80.9. The van der Waals surface area contributed by atoms with Gasteiger partial charge in [0.1, 0.15) is 11.2 Å². The van der Waals surface area contributed by atoms with Gasteiger partial charge in [-0.1, -0.05) is 206 Å². The van der Waals surface area contributed by atoms with E-state index in [1.165, 1.54) is 66.8 Å². The van der Waals surface area contributed by atoms with Gasteiger partial charge in [0, 0.05) is 16.7 Å². The minimum Gasteiger partial charge on any atom is -0.456 e. The Bertz CT molecular complexity index is 2760. The maximum absolute atomic E-state index is 6.23. The molecule has 0 aliphatic rings. The Morgan fingerprint density at radius 2 is 0.536 bits per heavy atom. The summed E-state index contributed by atoms with van der Waals surface area (Å²) >= 11 is 0. The molecule has 9 aromatic carbocycles. The lowest BCUT2D eigenvalue weighted by molar-refractivity contribution is 0.669. The van der Waals surface area contributed by atoms with Gasteiger partial charge in [-0.2, -0.15) is 0 Å². The molecule has 0 unspecified atom stereocenters. The normalized spacial score (nSPS) is 11.4. The third kappa shape index (κ3) is 6.50. The van der Waals surface area contributed by atoms with E-state index in [9.17, 15) is 0 Å². The average Bonchev–Trinajstić information content (AvgIpc) is 3.66.